The second kappa shape index (κ2) is 11.6. The molecule has 1 rings (SSSR count). The molecule has 0 saturated heterocycles. The van der Waals surface area contributed by atoms with Crippen LogP contribution in [0, 0.1) is 0 Å². The van der Waals surface area contributed by atoms with Crippen LogP contribution in [0.5, 0.6) is 0 Å². The second-order valence-electron chi connectivity index (χ2n) is 5.78. The van der Waals surface area contributed by atoms with Gasteiger partial charge in [-0.15, -0.1) is 0 Å². The van der Waals surface area contributed by atoms with E-state index in [0.717, 1.165) is 37.7 Å². The quantitative estimate of drug-likeness (QED) is 0.441. The summed E-state index contributed by atoms with van der Waals surface area (Å²) in [7, 11) is 3.19. The average Bonchev–Trinajstić information content (AvgIpc) is 2.63. The van der Waals surface area contributed by atoms with E-state index in [-0.39, 0.29) is 12.1 Å². The van der Waals surface area contributed by atoms with E-state index < -0.39 is 0 Å². The van der Waals surface area contributed by atoms with Crippen LogP contribution in [0.3, 0.4) is 0 Å². The number of benzene rings is 1. The zero-order valence-electron chi connectivity index (χ0n) is 15.4. The van der Waals surface area contributed by atoms with Crippen molar-refractivity contribution in [2.75, 3.05) is 14.2 Å². The third-order valence-corrected chi connectivity index (χ3v) is 4.13. The highest BCUT2D eigenvalue weighted by atomic mass is 16.5. The third kappa shape index (κ3) is 6.71. The summed E-state index contributed by atoms with van der Waals surface area (Å²) in [6.07, 6.45) is 11.4. The molecule has 3 nitrogen and oxygen atoms in total. The number of ether oxygens (including phenoxy) is 2. The van der Waals surface area contributed by atoms with Gasteiger partial charge in [0.15, 0.2) is 0 Å². The topological polar surface area (TPSA) is 35.5 Å². The first-order valence-corrected chi connectivity index (χ1v) is 8.66. The summed E-state index contributed by atoms with van der Waals surface area (Å²) in [5.41, 5.74) is 3.00. The SMILES string of the molecule is C/C=C(\C=C/CC)CC(CCCc1ccccc1C(=O)OC)OC. The van der Waals surface area contributed by atoms with Crippen LogP contribution in [-0.4, -0.2) is 26.3 Å². The van der Waals surface area contributed by atoms with Crippen LogP contribution in [0.4, 0.5) is 0 Å². The first kappa shape index (κ1) is 20.2. The van der Waals surface area contributed by atoms with Gasteiger partial charge in [-0.2, -0.15) is 0 Å². The van der Waals surface area contributed by atoms with Gasteiger partial charge >= 0.3 is 5.97 Å². The highest BCUT2D eigenvalue weighted by Gasteiger charge is 2.13. The predicted octanol–water partition coefficient (Wildman–Crippen LogP) is 5.11. The first-order valence-electron chi connectivity index (χ1n) is 8.66. The number of esters is 1. The Morgan fingerprint density at radius 1 is 1.25 bits per heavy atom. The van der Waals surface area contributed by atoms with Gasteiger partial charge in [0.1, 0.15) is 0 Å². The van der Waals surface area contributed by atoms with Crippen molar-refractivity contribution in [3.05, 3.63) is 59.2 Å². The molecule has 132 valence electrons. The Hall–Kier alpha value is -1.87. The van der Waals surface area contributed by atoms with E-state index in [1.165, 1.54) is 12.7 Å². The number of allylic oxidation sites excluding steroid dienone is 3. The summed E-state index contributed by atoms with van der Waals surface area (Å²) < 4.78 is 10.5. The summed E-state index contributed by atoms with van der Waals surface area (Å²) in [6.45, 7) is 4.20. The van der Waals surface area contributed by atoms with Gasteiger partial charge in [-0.25, -0.2) is 4.79 Å². The largest absolute Gasteiger partial charge is 0.465 e. The lowest BCUT2D eigenvalue weighted by atomic mass is 9.98. The molecule has 0 radical (unpaired) electrons. The molecule has 0 N–H and O–H groups in total. The molecule has 0 fully saturated rings. The second-order valence-corrected chi connectivity index (χ2v) is 5.78. The Labute approximate surface area is 146 Å². The number of carbonyl (C=O) groups is 1. The molecule has 1 aromatic rings. The zero-order chi connectivity index (χ0) is 17.8. The molecule has 1 atom stereocenters. The molecule has 0 heterocycles. The summed E-state index contributed by atoms with van der Waals surface area (Å²) in [5.74, 6) is -0.269. The molecule has 1 aromatic carbocycles. The summed E-state index contributed by atoms with van der Waals surface area (Å²) in [5, 5.41) is 0. The van der Waals surface area contributed by atoms with Gasteiger partial charge in [-0.05, 0) is 50.7 Å². The van der Waals surface area contributed by atoms with Gasteiger partial charge in [0.2, 0.25) is 0 Å². The van der Waals surface area contributed by atoms with Crippen LogP contribution in [0.1, 0.15) is 55.5 Å². The van der Waals surface area contributed by atoms with Crippen LogP contribution in [0.15, 0.2) is 48.1 Å². The molecule has 24 heavy (non-hydrogen) atoms. The van der Waals surface area contributed by atoms with E-state index >= 15 is 0 Å². The van der Waals surface area contributed by atoms with Crippen molar-refractivity contribution in [2.45, 2.75) is 52.1 Å². The van der Waals surface area contributed by atoms with E-state index in [0.29, 0.717) is 5.56 Å². The molecule has 0 aliphatic rings. The Kier molecular flexibility index (Phi) is 9.78. The maximum atomic E-state index is 11.8. The fourth-order valence-electron chi connectivity index (χ4n) is 2.69. The lowest BCUT2D eigenvalue weighted by Gasteiger charge is -2.16. The van der Waals surface area contributed by atoms with Gasteiger partial charge in [0, 0.05) is 7.11 Å². The highest BCUT2D eigenvalue weighted by Crippen LogP contribution is 2.18. The van der Waals surface area contributed by atoms with Gasteiger partial charge in [0.25, 0.3) is 0 Å². The fourth-order valence-corrected chi connectivity index (χ4v) is 2.69. The monoisotopic (exact) mass is 330 g/mol. The summed E-state index contributed by atoms with van der Waals surface area (Å²) in [4.78, 5) is 11.8. The normalized spacial score (nSPS) is 13.2. The predicted molar refractivity (Wildman–Crippen MR) is 99.3 cm³/mol. The van der Waals surface area contributed by atoms with Gasteiger partial charge in [-0.1, -0.05) is 48.9 Å². The van der Waals surface area contributed by atoms with Gasteiger partial charge < -0.3 is 9.47 Å². The van der Waals surface area contributed by atoms with Gasteiger partial charge in [0.05, 0.1) is 18.8 Å². The van der Waals surface area contributed by atoms with Crippen molar-refractivity contribution in [2.24, 2.45) is 0 Å². The molecular formula is C21H30O3. The highest BCUT2D eigenvalue weighted by molar-refractivity contribution is 5.90. The minimum Gasteiger partial charge on any atom is -0.465 e. The van der Waals surface area contributed by atoms with E-state index in [9.17, 15) is 4.79 Å². The van der Waals surface area contributed by atoms with Crippen LogP contribution in [0.25, 0.3) is 0 Å². The number of aryl methyl sites for hydroxylation is 1. The minimum atomic E-state index is -0.269. The van der Waals surface area contributed by atoms with E-state index in [1.807, 2.05) is 24.3 Å². The lowest BCUT2D eigenvalue weighted by Crippen LogP contribution is -2.12. The Morgan fingerprint density at radius 2 is 2.00 bits per heavy atom. The molecular weight excluding hydrogens is 300 g/mol. The molecule has 0 bridgehead atoms. The van der Waals surface area contributed by atoms with Crippen molar-refractivity contribution >= 4 is 5.97 Å². The zero-order valence-corrected chi connectivity index (χ0v) is 15.4. The smallest absolute Gasteiger partial charge is 0.338 e. The number of rotatable bonds is 10. The molecule has 0 aliphatic heterocycles. The Bertz CT molecular complexity index is 558. The maximum absolute atomic E-state index is 11.8. The number of hydrogen-bond acceptors (Lipinski definition) is 3. The molecule has 1 unspecified atom stereocenters. The third-order valence-electron chi connectivity index (χ3n) is 4.13. The summed E-state index contributed by atoms with van der Waals surface area (Å²) in [6, 6.07) is 7.65. The molecule has 0 saturated carbocycles. The van der Waals surface area contributed by atoms with Gasteiger partial charge in [-0.3, -0.25) is 0 Å². The lowest BCUT2D eigenvalue weighted by molar-refractivity contribution is 0.0599. The van der Waals surface area contributed by atoms with Crippen LogP contribution >= 0.6 is 0 Å². The number of methoxy groups -OCH3 is 2. The summed E-state index contributed by atoms with van der Waals surface area (Å²) >= 11 is 0. The van der Waals surface area contributed by atoms with Crippen molar-refractivity contribution in [1.82, 2.24) is 0 Å². The van der Waals surface area contributed by atoms with E-state index in [1.54, 1.807) is 7.11 Å². The van der Waals surface area contributed by atoms with E-state index in [4.69, 9.17) is 9.47 Å². The maximum Gasteiger partial charge on any atom is 0.338 e. The fraction of sp³-hybridized carbons (Fsp3) is 0.476. The van der Waals surface area contributed by atoms with Crippen molar-refractivity contribution in [3.63, 3.8) is 0 Å². The van der Waals surface area contributed by atoms with E-state index in [2.05, 4.69) is 32.1 Å². The van der Waals surface area contributed by atoms with Crippen molar-refractivity contribution in [3.8, 4) is 0 Å². The first-order chi connectivity index (χ1) is 11.7. The molecule has 3 heteroatoms. The standard InChI is InChI=1S/C21H30O3/c1-5-7-11-17(6-2)16-19(23-3)14-10-13-18-12-8-9-15-20(18)21(22)24-4/h6-9,11-12,15,19H,5,10,13-14,16H2,1-4H3/b11-7-,17-6+. The van der Waals surface area contributed by atoms with Crippen molar-refractivity contribution in [1.29, 1.82) is 0 Å². The molecule has 0 aromatic heterocycles. The molecule has 0 aliphatic carbocycles. The van der Waals surface area contributed by atoms with Crippen molar-refractivity contribution < 1.29 is 14.3 Å². The average molecular weight is 330 g/mol. The molecule has 0 spiro atoms. The van der Waals surface area contributed by atoms with Crippen LogP contribution < -0.4 is 0 Å². The number of carbonyl (C=O) groups excluding carboxylic acids is 1. The Morgan fingerprint density at radius 3 is 2.62 bits per heavy atom. The van der Waals surface area contributed by atoms with Crippen LogP contribution in [-0.2, 0) is 15.9 Å². The molecule has 0 amide bonds. The minimum absolute atomic E-state index is 0.197. The van der Waals surface area contributed by atoms with Crippen LogP contribution in [0.2, 0.25) is 0 Å². The number of hydrogen-bond donors (Lipinski definition) is 0. The Balaban J connectivity index is 2.59.